The van der Waals surface area contributed by atoms with Crippen LogP contribution in [-0.4, -0.2) is 164 Å². The van der Waals surface area contributed by atoms with Gasteiger partial charge in [-0.2, -0.15) is 0 Å². The second-order valence-electron chi connectivity index (χ2n) is 16.4. The first-order valence-electron chi connectivity index (χ1n) is 21.3. The Hall–Kier alpha value is -5.27. The number of carbonyl (C=O) groups excluding carboxylic acids is 10. The number of ether oxygens (including phenoxy) is 12. The van der Waals surface area contributed by atoms with Gasteiger partial charge in [-0.3, -0.25) is 38.4 Å². The third kappa shape index (κ3) is 19.5. The average molecular weight is 981 g/mol. The third-order valence-electron chi connectivity index (χ3n) is 9.55. The molecule has 380 valence electrons. The van der Waals surface area contributed by atoms with Crippen LogP contribution in [0.2, 0.25) is 0 Å². The van der Waals surface area contributed by atoms with E-state index >= 15 is 0 Å². The van der Waals surface area contributed by atoms with Gasteiger partial charge in [-0.05, 0) is 38.9 Å². The molecule has 2 amide bonds. The molecule has 2 saturated heterocycles. The number of alkyl carbamates (subject to hydrolysis) is 1. The van der Waals surface area contributed by atoms with Gasteiger partial charge in [-0.25, -0.2) is 9.59 Å². The molecule has 2 aliphatic rings. The fourth-order valence-electron chi connectivity index (χ4n) is 6.68. The molecule has 0 aliphatic carbocycles. The highest BCUT2D eigenvalue weighted by atomic mass is 32.2. The minimum Gasteiger partial charge on any atom is -0.467 e. The molecule has 0 bridgehead atoms. The van der Waals surface area contributed by atoms with Crippen LogP contribution in [0.15, 0.2) is 0 Å². The Labute approximate surface area is 392 Å². The van der Waals surface area contributed by atoms with Gasteiger partial charge in [0.05, 0.1) is 7.11 Å². The highest BCUT2D eigenvalue weighted by Gasteiger charge is 2.57. The molecular formula is C42H64N2O22S. The lowest BCUT2D eigenvalue weighted by molar-refractivity contribution is -0.341. The summed E-state index contributed by atoms with van der Waals surface area (Å²) < 4.78 is 67.6. The summed E-state index contributed by atoms with van der Waals surface area (Å²) in [6, 6.07) is -2.42. The molecule has 67 heavy (non-hydrogen) atoms. The summed E-state index contributed by atoms with van der Waals surface area (Å²) in [4.78, 5) is 127. The molecule has 0 aromatic rings. The van der Waals surface area contributed by atoms with Crippen molar-refractivity contribution in [3.63, 3.8) is 0 Å². The minimum absolute atomic E-state index is 0.0825. The fourth-order valence-corrected chi connectivity index (χ4v) is 7.90. The lowest BCUT2D eigenvalue weighted by Crippen LogP contribution is -2.66. The van der Waals surface area contributed by atoms with Crippen LogP contribution in [0.5, 0.6) is 0 Å². The van der Waals surface area contributed by atoms with E-state index in [0.717, 1.165) is 67.3 Å². The van der Waals surface area contributed by atoms with E-state index in [1.807, 2.05) is 0 Å². The molecule has 2 fully saturated rings. The molecule has 0 spiro atoms. The number of hydrogen-bond acceptors (Lipinski definition) is 23. The summed E-state index contributed by atoms with van der Waals surface area (Å²) in [6.07, 6.45) is -15.4. The highest BCUT2D eigenvalue weighted by molar-refractivity contribution is 7.99. The Morgan fingerprint density at radius 3 is 1.54 bits per heavy atom. The molecule has 2 rings (SSSR count). The van der Waals surface area contributed by atoms with Crippen molar-refractivity contribution >= 4 is 71.5 Å². The van der Waals surface area contributed by atoms with Gasteiger partial charge in [0.15, 0.2) is 36.8 Å². The first-order chi connectivity index (χ1) is 31.2. The fraction of sp³-hybridized carbons (Fsp3) is 0.762. The zero-order valence-electron chi connectivity index (χ0n) is 39.9. The Bertz CT molecular complexity index is 1770. The van der Waals surface area contributed by atoms with Crippen molar-refractivity contribution in [1.29, 1.82) is 0 Å². The summed E-state index contributed by atoms with van der Waals surface area (Å²) >= 11 is 0.917. The van der Waals surface area contributed by atoms with Gasteiger partial charge in [0, 0.05) is 48.5 Å². The van der Waals surface area contributed by atoms with Gasteiger partial charge in [0.2, 0.25) is 5.91 Å². The van der Waals surface area contributed by atoms with Gasteiger partial charge in [-0.1, -0.05) is 20.3 Å². The lowest BCUT2D eigenvalue weighted by atomic mass is 9.96. The quantitative estimate of drug-likeness (QED) is 0.121. The van der Waals surface area contributed by atoms with Gasteiger partial charge in [0.25, 0.3) is 0 Å². The second-order valence-corrected chi connectivity index (χ2v) is 17.6. The maximum Gasteiger partial charge on any atom is 0.408 e. The van der Waals surface area contributed by atoms with E-state index in [9.17, 15) is 47.9 Å². The topological polar surface area (TPSA) is 306 Å². The van der Waals surface area contributed by atoms with E-state index in [4.69, 9.17) is 56.8 Å². The molecule has 2 N–H and O–H groups in total. The summed E-state index contributed by atoms with van der Waals surface area (Å²) in [5, 5.41) is 5.16. The number of rotatable bonds is 21. The Kier molecular flexibility index (Phi) is 23.2. The number of methoxy groups -OCH3 is 1. The molecule has 0 aromatic heterocycles. The van der Waals surface area contributed by atoms with E-state index in [1.165, 1.54) is 0 Å². The van der Waals surface area contributed by atoms with Crippen molar-refractivity contribution in [2.24, 2.45) is 5.92 Å². The van der Waals surface area contributed by atoms with E-state index in [-0.39, 0.29) is 18.1 Å². The highest BCUT2D eigenvalue weighted by Crippen LogP contribution is 2.38. The third-order valence-corrected chi connectivity index (χ3v) is 10.7. The molecular weight excluding hydrogens is 917 g/mol. The first-order valence-corrected chi connectivity index (χ1v) is 22.3. The maximum absolute atomic E-state index is 13.8. The number of nitrogens with one attached hydrogen (secondary N) is 2. The number of amides is 2. The molecule has 2 aliphatic heterocycles. The Morgan fingerprint density at radius 1 is 0.612 bits per heavy atom. The van der Waals surface area contributed by atoms with Gasteiger partial charge >= 0.3 is 53.8 Å². The number of esters is 8. The van der Waals surface area contributed by atoms with E-state index in [2.05, 4.69) is 10.6 Å². The van der Waals surface area contributed by atoms with E-state index in [1.54, 1.807) is 34.6 Å². The SMILES string of the molecule is CC[C@H](C)[C@H](NC(=O)[C@H](CCS[C@@H]1O[C@H](COC(C)=O)[C@@H](O[C@@H]2O[C@H](COC(C)=O)[C@H](OC(C)=O)[C@H](OC(C)=O)[C@H]2OC(C)=O)[C@H](OC(C)=O)[C@H]1OC(C)=O)NC(=O)OC(C)(C)C)C(=O)OC. The average Bonchev–Trinajstić information content (AvgIpc) is 3.19. The van der Waals surface area contributed by atoms with Gasteiger partial charge in [0.1, 0.15) is 54.6 Å². The summed E-state index contributed by atoms with van der Waals surface area (Å²) in [7, 11) is 1.16. The number of hydrogen-bond donors (Lipinski definition) is 2. The summed E-state index contributed by atoms with van der Waals surface area (Å²) in [6.45, 7) is 14.4. The van der Waals surface area contributed by atoms with Crippen molar-refractivity contribution < 1.29 is 105 Å². The summed E-state index contributed by atoms with van der Waals surface area (Å²) in [5.74, 6) is -8.16. The molecule has 2 heterocycles. The second kappa shape index (κ2) is 26.9. The zero-order valence-corrected chi connectivity index (χ0v) is 40.7. The van der Waals surface area contributed by atoms with Crippen LogP contribution in [0.3, 0.4) is 0 Å². The zero-order chi connectivity index (χ0) is 50.9. The molecule has 0 saturated carbocycles. The molecule has 0 aromatic carbocycles. The van der Waals surface area contributed by atoms with Crippen molar-refractivity contribution in [3.05, 3.63) is 0 Å². The Morgan fingerprint density at radius 2 is 1.07 bits per heavy atom. The van der Waals surface area contributed by atoms with E-state index in [0.29, 0.717) is 6.42 Å². The first kappa shape index (κ1) is 57.9. The molecule has 13 atom stereocenters. The van der Waals surface area contributed by atoms with Crippen LogP contribution in [0.25, 0.3) is 0 Å². The summed E-state index contributed by atoms with van der Waals surface area (Å²) in [5.41, 5.74) is -2.29. The lowest BCUT2D eigenvalue weighted by Gasteiger charge is -2.48. The van der Waals surface area contributed by atoms with Crippen LogP contribution in [0.4, 0.5) is 4.79 Å². The number of thioether (sulfide) groups is 1. The van der Waals surface area contributed by atoms with Crippen molar-refractivity contribution in [1.82, 2.24) is 10.6 Å². The van der Waals surface area contributed by atoms with Crippen LogP contribution in [0.1, 0.15) is 95.9 Å². The standard InChI is InChI=1S/C42H64N2O22S/c1-14-19(2)30(38(53)55-13)44-37(52)27(43-41(54)66-42(10,11)12)15-16-67-40-36(62-26(9)51)34(60-24(7)49)32(29(64-40)18-57-21(4)46)65-39-35(61-25(8)50)33(59-23(6)48)31(58-22(5)47)28(63-39)17-56-20(3)45/h19,27-36,39-40H,14-18H2,1-13H3,(H,43,54)(H,44,52)/t19-,27-,28+,29+,30-,31-,32+,33-,34-,35+,36+,39-,40-/m0/s1. The molecule has 25 heteroatoms. The molecule has 24 nitrogen and oxygen atoms in total. The molecule has 0 radical (unpaired) electrons. The van der Waals surface area contributed by atoms with Crippen LogP contribution in [0, 0.1) is 5.92 Å². The monoisotopic (exact) mass is 980 g/mol. The van der Waals surface area contributed by atoms with Crippen LogP contribution < -0.4 is 10.6 Å². The minimum atomic E-state index is -1.88. The Balaban J connectivity index is 2.71. The van der Waals surface area contributed by atoms with Crippen LogP contribution in [-0.2, 0) is 100.0 Å². The van der Waals surface area contributed by atoms with Crippen LogP contribution >= 0.6 is 11.8 Å². The van der Waals surface area contributed by atoms with Gasteiger partial charge in [-0.15, -0.1) is 11.8 Å². The van der Waals surface area contributed by atoms with Crippen molar-refractivity contribution in [2.45, 2.75) is 174 Å². The maximum atomic E-state index is 13.8. The number of carbonyl (C=O) groups is 10. The van der Waals surface area contributed by atoms with Gasteiger partial charge < -0.3 is 67.5 Å². The predicted octanol–water partition coefficient (Wildman–Crippen LogP) is 1.33. The van der Waals surface area contributed by atoms with E-state index < -0.39 is 151 Å². The predicted molar refractivity (Wildman–Crippen MR) is 227 cm³/mol. The van der Waals surface area contributed by atoms with Crippen molar-refractivity contribution in [2.75, 3.05) is 26.1 Å². The normalized spacial score (nSPS) is 26.1. The largest absolute Gasteiger partial charge is 0.467 e. The smallest absolute Gasteiger partial charge is 0.408 e. The van der Waals surface area contributed by atoms with Crippen molar-refractivity contribution in [3.8, 4) is 0 Å². The molecule has 0 unspecified atom stereocenters.